The second-order valence-electron chi connectivity index (χ2n) is 3.35. The lowest BCUT2D eigenvalue weighted by Gasteiger charge is -2.11. The highest BCUT2D eigenvalue weighted by Crippen LogP contribution is 2.24. The van der Waals surface area contributed by atoms with Crippen molar-refractivity contribution in [3.63, 3.8) is 0 Å². The van der Waals surface area contributed by atoms with Gasteiger partial charge in [-0.25, -0.2) is 0 Å². The van der Waals surface area contributed by atoms with Crippen molar-refractivity contribution in [2.45, 2.75) is 12.8 Å². The number of fused-ring (bicyclic) bond motifs is 1. The Hall–Kier alpha value is -1.51. The fourth-order valence-corrected chi connectivity index (χ4v) is 1.72. The fourth-order valence-electron chi connectivity index (χ4n) is 1.72. The number of Topliss-reactive ketones (excluding diaryl/α,β-unsaturated/α-hetero) is 1. The molecule has 0 aromatic carbocycles. The molecule has 0 unspecified atom stereocenters. The molecule has 0 saturated heterocycles. The second-order valence-corrected chi connectivity index (χ2v) is 3.35. The Morgan fingerprint density at radius 1 is 1.46 bits per heavy atom. The molecule has 1 aromatic heterocycles. The van der Waals surface area contributed by atoms with Gasteiger partial charge in [0.25, 0.3) is 0 Å². The molecule has 1 aliphatic rings. The molecule has 0 atom stereocenters. The number of nitrogens with zero attached hydrogens (tertiary/aromatic N) is 1. The van der Waals surface area contributed by atoms with E-state index in [2.05, 4.69) is 0 Å². The van der Waals surface area contributed by atoms with Crippen LogP contribution in [0.2, 0.25) is 0 Å². The minimum absolute atomic E-state index is 0.0376. The van der Waals surface area contributed by atoms with Gasteiger partial charge in [-0.3, -0.25) is 4.79 Å². The van der Waals surface area contributed by atoms with E-state index in [0.717, 1.165) is 23.8 Å². The van der Waals surface area contributed by atoms with Crippen molar-refractivity contribution in [1.82, 2.24) is 4.57 Å². The molecule has 1 heterocycles. The van der Waals surface area contributed by atoms with Crippen LogP contribution in [0.1, 0.15) is 22.3 Å². The van der Waals surface area contributed by atoms with Crippen molar-refractivity contribution in [2.75, 3.05) is 0 Å². The highest BCUT2D eigenvalue weighted by molar-refractivity contribution is 6.10. The van der Waals surface area contributed by atoms with Gasteiger partial charge >= 0.3 is 0 Å². The summed E-state index contributed by atoms with van der Waals surface area (Å²) in [6.45, 7) is 0. The molecule has 2 rings (SSSR count). The summed E-state index contributed by atoms with van der Waals surface area (Å²) in [5.74, 6) is -0.0376. The van der Waals surface area contributed by atoms with Crippen molar-refractivity contribution < 1.29 is 9.90 Å². The first-order valence-corrected chi connectivity index (χ1v) is 4.25. The van der Waals surface area contributed by atoms with Gasteiger partial charge in [-0.15, -0.1) is 0 Å². The molecule has 0 spiro atoms. The summed E-state index contributed by atoms with van der Waals surface area (Å²) in [6.07, 6.45) is 6.18. The Bertz CT molecular complexity index is 388. The van der Waals surface area contributed by atoms with Crippen molar-refractivity contribution in [2.24, 2.45) is 7.05 Å². The molecule has 3 heteroatoms. The molecule has 13 heavy (non-hydrogen) atoms. The third-order valence-electron chi connectivity index (χ3n) is 2.39. The zero-order chi connectivity index (χ0) is 9.42. The topological polar surface area (TPSA) is 42.2 Å². The van der Waals surface area contributed by atoms with Crippen LogP contribution in [-0.2, 0) is 13.5 Å². The van der Waals surface area contributed by atoms with Crippen molar-refractivity contribution in [3.8, 4) is 0 Å². The lowest BCUT2D eigenvalue weighted by atomic mass is 9.91. The van der Waals surface area contributed by atoms with Crippen LogP contribution in [-0.4, -0.2) is 15.5 Å². The molecular weight excluding hydrogens is 166 g/mol. The van der Waals surface area contributed by atoms with E-state index in [-0.39, 0.29) is 5.78 Å². The highest BCUT2D eigenvalue weighted by atomic mass is 16.2. The van der Waals surface area contributed by atoms with Crippen LogP contribution >= 0.6 is 0 Å². The molecule has 1 N–H and O–H groups in total. The number of ketones is 1. The monoisotopic (exact) mass is 177 g/mol. The van der Waals surface area contributed by atoms with E-state index in [4.69, 9.17) is 5.11 Å². The van der Waals surface area contributed by atoms with Gasteiger partial charge in [-0.1, -0.05) is 0 Å². The summed E-state index contributed by atoms with van der Waals surface area (Å²) in [5, 5.41) is 8.80. The largest absolute Gasteiger partial charge is 0.515 e. The van der Waals surface area contributed by atoms with Crippen molar-refractivity contribution >= 4 is 5.78 Å². The number of aryl methyl sites for hydroxylation is 2. The predicted octanol–water partition coefficient (Wildman–Crippen LogP) is 1.60. The van der Waals surface area contributed by atoms with Gasteiger partial charge in [0.15, 0.2) is 5.78 Å². The Morgan fingerprint density at radius 2 is 2.23 bits per heavy atom. The molecule has 1 aliphatic carbocycles. The standard InChI is InChI=1S/C10H11NO2/c1-11-4-7-2-3-8(6-12)10(13)9(7)5-11/h4-6,12H,2-3H2,1H3. The van der Waals surface area contributed by atoms with Crippen LogP contribution in [0.3, 0.4) is 0 Å². The van der Waals surface area contributed by atoms with E-state index >= 15 is 0 Å². The maximum atomic E-state index is 11.6. The van der Waals surface area contributed by atoms with Crippen LogP contribution in [0.25, 0.3) is 0 Å². The third kappa shape index (κ3) is 1.16. The summed E-state index contributed by atoms with van der Waals surface area (Å²) < 4.78 is 1.88. The number of carbonyl (C=O) groups excluding carboxylic acids is 1. The zero-order valence-corrected chi connectivity index (χ0v) is 7.45. The summed E-state index contributed by atoms with van der Waals surface area (Å²) in [7, 11) is 1.90. The molecule has 68 valence electrons. The van der Waals surface area contributed by atoms with Gasteiger partial charge in [0.1, 0.15) is 0 Å². The summed E-state index contributed by atoms with van der Waals surface area (Å²) in [5.41, 5.74) is 2.32. The van der Waals surface area contributed by atoms with E-state index in [1.54, 1.807) is 6.20 Å². The zero-order valence-electron chi connectivity index (χ0n) is 7.45. The number of hydrogen-bond acceptors (Lipinski definition) is 2. The summed E-state index contributed by atoms with van der Waals surface area (Å²) in [4.78, 5) is 11.6. The average Bonchev–Trinajstić information content (AvgIpc) is 2.47. The fraction of sp³-hybridized carbons (Fsp3) is 0.300. The van der Waals surface area contributed by atoms with E-state index in [1.165, 1.54) is 0 Å². The Kier molecular flexibility index (Phi) is 1.72. The van der Waals surface area contributed by atoms with Crippen molar-refractivity contribution in [3.05, 3.63) is 35.4 Å². The van der Waals surface area contributed by atoms with Gasteiger partial charge < -0.3 is 9.67 Å². The lowest BCUT2D eigenvalue weighted by Crippen LogP contribution is -2.11. The van der Waals surface area contributed by atoms with Crippen molar-refractivity contribution in [1.29, 1.82) is 0 Å². The molecule has 0 radical (unpaired) electrons. The number of allylic oxidation sites excluding steroid dienone is 1. The number of aromatic nitrogens is 1. The molecule has 0 fully saturated rings. The summed E-state index contributed by atoms with van der Waals surface area (Å²) in [6, 6.07) is 0. The van der Waals surface area contributed by atoms with Gasteiger partial charge in [-0.05, 0) is 18.4 Å². The first kappa shape index (κ1) is 8.10. The smallest absolute Gasteiger partial charge is 0.193 e. The van der Waals surface area contributed by atoms with Gasteiger partial charge in [0.2, 0.25) is 0 Å². The van der Waals surface area contributed by atoms with Crippen LogP contribution in [0.5, 0.6) is 0 Å². The van der Waals surface area contributed by atoms with Gasteiger partial charge in [0.05, 0.1) is 6.26 Å². The molecule has 0 saturated carbocycles. The van der Waals surface area contributed by atoms with E-state index < -0.39 is 0 Å². The van der Waals surface area contributed by atoms with Crippen LogP contribution in [0.4, 0.5) is 0 Å². The molecule has 1 aromatic rings. The molecule has 0 amide bonds. The molecular formula is C10H11NO2. The second kappa shape index (κ2) is 2.76. The third-order valence-corrected chi connectivity index (χ3v) is 2.39. The maximum Gasteiger partial charge on any atom is 0.193 e. The van der Waals surface area contributed by atoms with E-state index in [0.29, 0.717) is 12.0 Å². The van der Waals surface area contributed by atoms with Gasteiger partial charge in [-0.2, -0.15) is 0 Å². The average molecular weight is 177 g/mol. The van der Waals surface area contributed by atoms with Crippen LogP contribution < -0.4 is 0 Å². The Labute approximate surface area is 76.3 Å². The minimum Gasteiger partial charge on any atom is -0.515 e. The normalized spacial score (nSPS) is 19.2. The molecule has 0 aliphatic heterocycles. The lowest BCUT2D eigenvalue weighted by molar-refractivity contribution is 0.102. The Balaban J connectivity index is 2.50. The molecule has 3 nitrogen and oxygen atoms in total. The number of carbonyl (C=O) groups is 1. The van der Waals surface area contributed by atoms with E-state index in [1.807, 2.05) is 17.8 Å². The number of aliphatic hydroxyl groups excluding tert-OH is 1. The summed E-state index contributed by atoms with van der Waals surface area (Å²) >= 11 is 0. The maximum absolute atomic E-state index is 11.6. The number of hydrogen-bond donors (Lipinski definition) is 1. The van der Waals surface area contributed by atoms with Crippen LogP contribution in [0.15, 0.2) is 24.2 Å². The SMILES string of the molecule is Cn1cc2c(c1)C(=O)C(=CO)CC2. The minimum atomic E-state index is -0.0376. The van der Waals surface area contributed by atoms with Crippen LogP contribution in [0, 0.1) is 0 Å². The number of rotatable bonds is 0. The Morgan fingerprint density at radius 3 is 2.92 bits per heavy atom. The first-order chi connectivity index (χ1) is 6.22. The molecule has 0 bridgehead atoms. The van der Waals surface area contributed by atoms with Gasteiger partial charge in [0, 0.05) is 30.6 Å². The quantitative estimate of drug-likeness (QED) is 0.483. The predicted molar refractivity (Wildman–Crippen MR) is 48.8 cm³/mol. The highest BCUT2D eigenvalue weighted by Gasteiger charge is 2.23. The first-order valence-electron chi connectivity index (χ1n) is 4.25. The van der Waals surface area contributed by atoms with E-state index in [9.17, 15) is 4.79 Å². The number of aliphatic hydroxyl groups is 1.